The fourth-order valence-corrected chi connectivity index (χ4v) is 7.16. The molecular weight excluding hydrogens is 515 g/mol. The van der Waals surface area contributed by atoms with Gasteiger partial charge in [-0.15, -0.1) is 0 Å². The van der Waals surface area contributed by atoms with Crippen LogP contribution in [-0.2, 0) is 15.1 Å². The number of carbonyl (C=O) groups is 1. The van der Waals surface area contributed by atoms with E-state index in [1.54, 1.807) is 17.0 Å². The second-order valence-corrected chi connectivity index (χ2v) is 12.8. The molecule has 0 radical (unpaired) electrons. The van der Waals surface area contributed by atoms with Gasteiger partial charge in [-0.2, -0.15) is 0 Å². The monoisotopic (exact) mass is 550 g/mol. The maximum atomic E-state index is 13.8. The number of halogens is 2. The third kappa shape index (κ3) is 4.32. The van der Waals surface area contributed by atoms with Gasteiger partial charge in [-0.25, -0.2) is 9.18 Å². The summed E-state index contributed by atoms with van der Waals surface area (Å²) in [6.07, 6.45) is 2.37. The van der Waals surface area contributed by atoms with Crippen molar-refractivity contribution in [1.29, 1.82) is 0 Å². The normalized spacial score (nSPS) is 27.8. The number of amides is 1. The molecule has 7 heteroatoms. The molecule has 5 nitrogen and oxygen atoms in total. The predicted octanol–water partition coefficient (Wildman–Crippen LogP) is 8.02. The van der Waals surface area contributed by atoms with Crippen molar-refractivity contribution in [2.75, 3.05) is 13.1 Å². The van der Waals surface area contributed by atoms with Gasteiger partial charge in [0.05, 0.1) is 0 Å². The molecule has 3 unspecified atom stereocenters. The lowest BCUT2D eigenvalue weighted by molar-refractivity contribution is -0.397. The summed E-state index contributed by atoms with van der Waals surface area (Å²) in [7, 11) is 0. The smallest absolute Gasteiger partial charge is 0.413 e. The van der Waals surface area contributed by atoms with Crippen molar-refractivity contribution in [3.05, 3.63) is 82.6 Å². The summed E-state index contributed by atoms with van der Waals surface area (Å²) in [6.45, 7) is 9.82. The first kappa shape index (κ1) is 26.5. The highest BCUT2D eigenvalue weighted by Crippen LogP contribution is 2.62. The molecule has 4 aliphatic heterocycles. The Balaban J connectivity index is 1.22. The van der Waals surface area contributed by atoms with Gasteiger partial charge in [-0.1, -0.05) is 68.8 Å². The van der Waals surface area contributed by atoms with E-state index < -0.39 is 11.3 Å². The van der Waals surface area contributed by atoms with Crippen molar-refractivity contribution in [3.63, 3.8) is 0 Å². The number of benzene rings is 3. The molecule has 4 saturated heterocycles. The third-order valence-electron chi connectivity index (χ3n) is 9.11. The Hall–Kier alpha value is -2.67. The van der Waals surface area contributed by atoms with Gasteiger partial charge in [0.2, 0.25) is 0 Å². The van der Waals surface area contributed by atoms with Crippen molar-refractivity contribution in [2.45, 2.75) is 77.0 Å². The van der Waals surface area contributed by atoms with Crippen LogP contribution in [0.4, 0.5) is 9.18 Å². The Bertz CT molecular complexity index is 1400. The quantitative estimate of drug-likeness (QED) is 0.330. The molecule has 1 amide bonds. The summed E-state index contributed by atoms with van der Waals surface area (Å²) in [5.74, 6) is -0.265. The lowest BCUT2D eigenvalue weighted by atomic mass is 9.64. The average molecular weight is 551 g/mol. The summed E-state index contributed by atoms with van der Waals surface area (Å²) < 4.78 is 26.6. The minimum Gasteiger partial charge on any atom is -0.430 e. The summed E-state index contributed by atoms with van der Waals surface area (Å²) >= 11 is 6.50. The molecule has 4 fully saturated rings. The molecule has 3 aromatic carbocycles. The number of rotatable bonds is 4. The molecule has 2 bridgehead atoms. The predicted molar refractivity (Wildman–Crippen MR) is 151 cm³/mol. The van der Waals surface area contributed by atoms with Crippen molar-refractivity contribution >= 4 is 28.5 Å². The van der Waals surface area contributed by atoms with Crippen LogP contribution in [0.5, 0.6) is 0 Å². The van der Waals surface area contributed by atoms with Crippen molar-refractivity contribution in [2.24, 2.45) is 5.41 Å². The number of likely N-dealkylation sites (tertiary alicyclic amines) is 1. The van der Waals surface area contributed by atoms with Crippen LogP contribution < -0.4 is 0 Å². The maximum absolute atomic E-state index is 13.8. The van der Waals surface area contributed by atoms with Crippen LogP contribution in [0, 0.1) is 11.2 Å². The van der Waals surface area contributed by atoms with E-state index in [0.29, 0.717) is 24.4 Å². The SMILES string of the molecule is C[C@@H](c1cc(Cl)cc2ccccc12)N1CCCC1OC(=O)N1CCC2(c3ccc(F)cc3)CC1(C(C)(C)C)O2. The standard InChI is InChI=1S/C32H36ClFN2O3/c1-21(27-19-24(33)18-22-8-5-6-9-26(22)27)35-16-7-10-28(35)38-29(37)36-17-15-31(23-11-13-25(34)14-12-23)20-32(36,39-31)30(2,3)4/h5-6,8-9,11-14,18-19,21,28H,7,10,15-17,20H2,1-4H3/t21-,28?,31?,32?/m0/s1. The number of hydrogen-bond acceptors (Lipinski definition) is 4. The van der Waals surface area contributed by atoms with Crippen LogP contribution in [-0.4, -0.2) is 40.9 Å². The van der Waals surface area contributed by atoms with Gasteiger partial charge in [0.25, 0.3) is 0 Å². The first-order chi connectivity index (χ1) is 18.5. The van der Waals surface area contributed by atoms with Crippen LogP contribution in [0.3, 0.4) is 0 Å². The number of piperidine rings is 1. The highest BCUT2D eigenvalue weighted by Gasteiger charge is 2.69. The first-order valence-corrected chi connectivity index (χ1v) is 14.3. The van der Waals surface area contributed by atoms with Crippen molar-refractivity contribution in [1.82, 2.24) is 9.80 Å². The molecule has 0 saturated carbocycles. The number of ether oxygens (including phenoxy) is 2. The number of nitrogens with zero attached hydrogens (tertiary/aromatic N) is 2. The van der Waals surface area contributed by atoms with E-state index in [1.165, 1.54) is 12.1 Å². The minimum atomic E-state index is -0.783. The maximum Gasteiger partial charge on any atom is 0.413 e. The van der Waals surface area contributed by atoms with Crippen LogP contribution in [0.25, 0.3) is 10.8 Å². The van der Waals surface area contributed by atoms with E-state index in [-0.39, 0.29) is 29.6 Å². The highest BCUT2D eigenvalue weighted by molar-refractivity contribution is 6.31. The minimum absolute atomic E-state index is 0.0258. The van der Waals surface area contributed by atoms with Crippen LogP contribution in [0.2, 0.25) is 5.02 Å². The molecule has 0 aromatic heterocycles. The fourth-order valence-electron chi connectivity index (χ4n) is 6.92. The van der Waals surface area contributed by atoms with Crippen molar-refractivity contribution in [3.8, 4) is 0 Å². The number of fused-ring (bicyclic) bond motifs is 3. The second kappa shape index (κ2) is 9.46. The van der Waals surface area contributed by atoms with E-state index in [4.69, 9.17) is 21.1 Å². The van der Waals surface area contributed by atoms with E-state index in [0.717, 1.165) is 41.3 Å². The Morgan fingerprint density at radius 1 is 1.13 bits per heavy atom. The zero-order valence-corrected chi connectivity index (χ0v) is 23.8. The lowest BCUT2D eigenvalue weighted by Gasteiger charge is -2.68. The van der Waals surface area contributed by atoms with Gasteiger partial charge in [0, 0.05) is 36.0 Å². The van der Waals surface area contributed by atoms with E-state index in [9.17, 15) is 9.18 Å². The summed E-state index contributed by atoms with van der Waals surface area (Å²) in [6, 6.07) is 18.9. The molecule has 206 valence electrons. The van der Waals surface area contributed by atoms with Crippen LogP contribution >= 0.6 is 11.6 Å². The van der Waals surface area contributed by atoms with Crippen LogP contribution in [0.1, 0.15) is 70.5 Å². The molecule has 0 aliphatic carbocycles. The van der Waals surface area contributed by atoms with Gasteiger partial charge < -0.3 is 9.47 Å². The van der Waals surface area contributed by atoms with E-state index >= 15 is 0 Å². The van der Waals surface area contributed by atoms with E-state index in [2.05, 4.69) is 44.7 Å². The zero-order valence-electron chi connectivity index (χ0n) is 23.0. The Morgan fingerprint density at radius 2 is 1.85 bits per heavy atom. The molecule has 0 spiro atoms. The molecule has 4 aliphatic rings. The first-order valence-electron chi connectivity index (χ1n) is 13.9. The summed E-state index contributed by atoms with van der Waals surface area (Å²) in [4.78, 5) is 17.9. The van der Waals surface area contributed by atoms with Gasteiger partial charge in [-0.05, 0) is 72.4 Å². The Kier molecular flexibility index (Phi) is 6.44. The molecular formula is C32H36ClFN2O3. The fraction of sp³-hybridized carbons (Fsp3) is 0.469. The van der Waals surface area contributed by atoms with Crippen molar-refractivity contribution < 1.29 is 18.7 Å². The second-order valence-electron chi connectivity index (χ2n) is 12.3. The Labute approximate surface area is 234 Å². The summed E-state index contributed by atoms with van der Waals surface area (Å²) in [5, 5.41) is 2.97. The number of hydrogen-bond donors (Lipinski definition) is 0. The molecule has 4 atom stereocenters. The summed E-state index contributed by atoms with van der Waals surface area (Å²) in [5.41, 5.74) is 0.477. The largest absolute Gasteiger partial charge is 0.430 e. The molecule has 39 heavy (non-hydrogen) atoms. The third-order valence-corrected chi connectivity index (χ3v) is 9.33. The Morgan fingerprint density at radius 3 is 2.56 bits per heavy atom. The van der Waals surface area contributed by atoms with Gasteiger partial charge in [-0.3, -0.25) is 9.80 Å². The lowest BCUT2D eigenvalue weighted by Crippen LogP contribution is -2.77. The van der Waals surface area contributed by atoms with Crippen LogP contribution in [0.15, 0.2) is 60.7 Å². The molecule has 4 heterocycles. The molecule has 0 N–H and O–H groups in total. The van der Waals surface area contributed by atoms with Gasteiger partial charge in [0.15, 0.2) is 12.0 Å². The topological polar surface area (TPSA) is 42.0 Å². The van der Waals surface area contributed by atoms with E-state index in [1.807, 2.05) is 24.3 Å². The molecule has 7 rings (SSSR count). The zero-order chi connectivity index (χ0) is 27.6. The average Bonchev–Trinajstić information content (AvgIpc) is 3.34. The van der Waals surface area contributed by atoms with Gasteiger partial charge >= 0.3 is 6.09 Å². The molecule has 3 aromatic rings. The number of carbonyl (C=O) groups excluding carboxylic acids is 1. The highest BCUT2D eigenvalue weighted by atomic mass is 35.5. The van der Waals surface area contributed by atoms with Gasteiger partial charge in [0.1, 0.15) is 11.4 Å².